The Labute approximate surface area is 128 Å². The molecule has 1 N–H and O–H groups in total. The first-order valence-corrected chi connectivity index (χ1v) is 7.29. The van der Waals surface area contributed by atoms with Crippen molar-refractivity contribution in [3.05, 3.63) is 38.9 Å². The van der Waals surface area contributed by atoms with E-state index in [2.05, 4.69) is 10.1 Å². The summed E-state index contributed by atoms with van der Waals surface area (Å²) in [4.78, 5) is 12.8. The summed E-state index contributed by atoms with van der Waals surface area (Å²) in [5, 5.41) is 23.9. The number of likely N-dealkylation sites (tertiary alicyclic amines) is 1. The molecule has 0 aliphatic carbocycles. The van der Waals surface area contributed by atoms with Crippen LogP contribution >= 0.6 is 11.6 Å². The Morgan fingerprint density at radius 2 is 2.33 bits per heavy atom. The molecule has 1 aromatic carbocycles. The molecule has 0 saturated carbocycles. The van der Waals surface area contributed by atoms with Crippen LogP contribution in [0, 0.1) is 16.0 Å². The van der Waals surface area contributed by atoms with Crippen LogP contribution in [0.1, 0.15) is 25.3 Å². The predicted octanol–water partition coefficient (Wildman–Crippen LogP) is 3.31. The van der Waals surface area contributed by atoms with Crippen LogP contribution in [-0.2, 0) is 6.54 Å². The third kappa shape index (κ3) is 3.51. The van der Waals surface area contributed by atoms with Crippen molar-refractivity contribution < 1.29 is 10.1 Å². The van der Waals surface area contributed by atoms with E-state index in [-0.39, 0.29) is 11.6 Å². The molecule has 1 fully saturated rings. The summed E-state index contributed by atoms with van der Waals surface area (Å²) in [5.41, 5.74) is 1.41. The predicted molar refractivity (Wildman–Crippen MR) is 81.0 cm³/mol. The molecule has 1 saturated heterocycles. The molecule has 1 aliphatic rings. The summed E-state index contributed by atoms with van der Waals surface area (Å²) in [6.45, 7) is 3.90. The largest absolute Gasteiger partial charge is 0.411 e. The van der Waals surface area contributed by atoms with Crippen molar-refractivity contribution in [2.75, 3.05) is 13.1 Å². The standard InChI is InChI=1S/C14H18ClN3O3/c1-2-10-8-17(7-6-13(10)16-19)9-11-12(15)4-3-5-14(11)18(20)21/h3-5,10,19H,2,6-9H2,1H3/b16-13+. The Morgan fingerprint density at radius 3 is 2.95 bits per heavy atom. The lowest BCUT2D eigenvalue weighted by Crippen LogP contribution is -2.40. The molecule has 0 amide bonds. The van der Waals surface area contributed by atoms with Crippen molar-refractivity contribution in [1.82, 2.24) is 4.90 Å². The molecule has 0 radical (unpaired) electrons. The maximum Gasteiger partial charge on any atom is 0.275 e. The molecule has 7 heteroatoms. The van der Waals surface area contributed by atoms with E-state index in [0.717, 1.165) is 18.7 Å². The molecule has 21 heavy (non-hydrogen) atoms. The lowest BCUT2D eigenvalue weighted by molar-refractivity contribution is -0.385. The Morgan fingerprint density at radius 1 is 1.57 bits per heavy atom. The molecule has 0 aromatic heterocycles. The summed E-state index contributed by atoms with van der Waals surface area (Å²) < 4.78 is 0. The maximum atomic E-state index is 11.1. The van der Waals surface area contributed by atoms with Gasteiger partial charge in [-0.3, -0.25) is 15.0 Å². The topological polar surface area (TPSA) is 79.0 Å². The molecule has 1 atom stereocenters. The van der Waals surface area contributed by atoms with E-state index in [1.807, 2.05) is 6.92 Å². The number of piperidine rings is 1. The zero-order valence-electron chi connectivity index (χ0n) is 11.8. The zero-order chi connectivity index (χ0) is 15.4. The van der Waals surface area contributed by atoms with Crippen LogP contribution in [0.25, 0.3) is 0 Å². The number of hydrogen-bond donors (Lipinski definition) is 1. The first kappa shape index (κ1) is 15.7. The molecule has 1 heterocycles. The molecule has 0 spiro atoms. The second-order valence-corrected chi connectivity index (χ2v) is 5.58. The monoisotopic (exact) mass is 311 g/mol. The fourth-order valence-corrected chi connectivity index (χ4v) is 2.95. The summed E-state index contributed by atoms with van der Waals surface area (Å²) in [5.74, 6) is 0.185. The fourth-order valence-electron chi connectivity index (χ4n) is 2.72. The van der Waals surface area contributed by atoms with E-state index in [1.54, 1.807) is 12.1 Å². The highest BCUT2D eigenvalue weighted by Gasteiger charge is 2.27. The van der Waals surface area contributed by atoms with Crippen LogP contribution in [0.4, 0.5) is 5.69 Å². The number of oxime groups is 1. The Balaban J connectivity index is 2.18. The summed E-state index contributed by atoms with van der Waals surface area (Å²) in [7, 11) is 0. The number of rotatable bonds is 4. The van der Waals surface area contributed by atoms with Gasteiger partial charge in [0.25, 0.3) is 5.69 Å². The van der Waals surface area contributed by atoms with E-state index in [9.17, 15) is 10.1 Å². The third-order valence-electron chi connectivity index (χ3n) is 3.93. The Bertz CT molecular complexity index is 562. The summed E-state index contributed by atoms with van der Waals surface area (Å²) in [6, 6.07) is 4.74. The minimum Gasteiger partial charge on any atom is -0.411 e. The van der Waals surface area contributed by atoms with Gasteiger partial charge in [0.1, 0.15) is 0 Å². The number of halogens is 1. The van der Waals surface area contributed by atoms with Crippen LogP contribution in [0.3, 0.4) is 0 Å². The van der Waals surface area contributed by atoms with Crippen LogP contribution < -0.4 is 0 Å². The summed E-state index contributed by atoms with van der Waals surface area (Å²) >= 11 is 6.12. The van der Waals surface area contributed by atoms with Crippen LogP contribution in [-0.4, -0.2) is 33.8 Å². The number of nitrogens with zero attached hydrogens (tertiary/aromatic N) is 3. The van der Waals surface area contributed by atoms with Crippen LogP contribution in [0.2, 0.25) is 5.02 Å². The molecule has 1 aliphatic heterocycles. The van der Waals surface area contributed by atoms with E-state index >= 15 is 0 Å². The minimum atomic E-state index is -0.400. The van der Waals surface area contributed by atoms with Gasteiger partial charge < -0.3 is 5.21 Å². The van der Waals surface area contributed by atoms with Gasteiger partial charge in [-0.05, 0) is 12.5 Å². The number of nitro groups is 1. The lowest BCUT2D eigenvalue weighted by atomic mass is 9.93. The first-order chi connectivity index (χ1) is 10.1. The highest BCUT2D eigenvalue weighted by atomic mass is 35.5. The van der Waals surface area contributed by atoms with Crippen LogP contribution in [0.15, 0.2) is 23.4 Å². The van der Waals surface area contributed by atoms with Gasteiger partial charge in [-0.1, -0.05) is 29.7 Å². The molecular weight excluding hydrogens is 294 g/mol. The second-order valence-electron chi connectivity index (χ2n) is 5.18. The second kappa shape index (κ2) is 6.87. The van der Waals surface area contributed by atoms with E-state index in [1.165, 1.54) is 6.07 Å². The van der Waals surface area contributed by atoms with E-state index in [0.29, 0.717) is 30.1 Å². The number of benzene rings is 1. The minimum absolute atomic E-state index is 0.0529. The smallest absolute Gasteiger partial charge is 0.275 e. The number of nitro benzene ring substituents is 1. The van der Waals surface area contributed by atoms with Crippen molar-refractivity contribution in [1.29, 1.82) is 0 Å². The Kier molecular flexibility index (Phi) is 5.14. The fraction of sp³-hybridized carbons (Fsp3) is 0.500. The van der Waals surface area contributed by atoms with Crippen molar-refractivity contribution >= 4 is 23.0 Å². The number of hydrogen-bond acceptors (Lipinski definition) is 5. The molecule has 0 bridgehead atoms. The van der Waals surface area contributed by atoms with Gasteiger partial charge >= 0.3 is 0 Å². The molecule has 6 nitrogen and oxygen atoms in total. The highest BCUT2D eigenvalue weighted by Crippen LogP contribution is 2.29. The van der Waals surface area contributed by atoms with E-state index < -0.39 is 4.92 Å². The molecule has 1 unspecified atom stereocenters. The van der Waals surface area contributed by atoms with Crippen molar-refractivity contribution in [2.24, 2.45) is 11.1 Å². The van der Waals surface area contributed by atoms with Crippen LogP contribution in [0.5, 0.6) is 0 Å². The average molecular weight is 312 g/mol. The third-order valence-corrected chi connectivity index (χ3v) is 4.28. The zero-order valence-corrected chi connectivity index (χ0v) is 12.6. The first-order valence-electron chi connectivity index (χ1n) is 6.91. The summed E-state index contributed by atoms with van der Waals surface area (Å²) in [6.07, 6.45) is 1.55. The van der Waals surface area contributed by atoms with Crippen molar-refractivity contribution in [3.63, 3.8) is 0 Å². The quantitative estimate of drug-likeness (QED) is 0.525. The van der Waals surface area contributed by atoms with Gasteiger partial charge in [-0.15, -0.1) is 0 Å². The SMILES string of the molecule is CCC1CN(Cc2c(Cl)cccc2[N+](=O)[O-])CC/C1=N\O. The van der Waals surface area contributed by atoms with Gasteiger partial charge in [0, 0.05) is 38.0 Å². The van der Waals surface area contributed by atoms with Gasteiger partial charge in [0.05, 0.1) is 21.2 Å². The van der Waals surface area contributed by atoms with E-state index in [4.69, 9.17) is 16.8 Å². The van der Waals surface area contributed by atoms with Crippen molar-refractivity contribution in [2.45, 2.75) is 26.3 Å². The Hall–Kier alpha value is -1.66. The van der Waals surface area contributed by atoms with Gasteiger partial charge in [-0.2, -0.15) is 0 Å². The van der Waals surface area contributed by atoms with Gasteiger partial charge in [0.15, 0.2) is 0 Å². The van der Waals surface area contributed by atoms with Crippen molar-refractivity contribution in [3.8, 4) is 0 Å². The normalized spacial score (nSPS) is 21.6. The van der Waals surface area contributed by atoms with Gasteiger partial charge in [-0.25, -0.2) is 0 Å². The maximum absolute atomic E-state index is 11.1. The highest BCUT2D eigenvalue weighted by molar-refractivity contribution is 6.31. The van der Waals surface area contributed by atoms with Gasteiger partial charge in [0.2, 0.25) is 0 Å². The molecule has 114 valence electrons. The average Bonchev–Trinajstić information content (AvgIpc) is 2.48. The molecule has 1 aromatic rings. The molecular formula is C14H18ClN3O3. The molecule has 2 rings (SSSR count). The lowest BCUT2D eigenvalue weighted by Gasteiger charge is -2.32.